The van der Waals surface area contributed by atoms with Gasteiger partial charge in [-0.25, -0.2) is 0 Å². The maximum Gasteiger partial charge on any atom is 0.224 e. The molecule has 1 aromatic carbocycles. The van der Waals surface area contributed by atoms with Crippen molar-refractivity contribution in [1.29, 1.82) is 0 Å². The quantitative estimate of drug-likeness (QED) is 0.671. The van der Waals surface area contributed by atoms with Gasteiger partial charge in [-0.05, 0) is 43.2 Å². The predicted molar refractivity (Wildman–Crippen MR) is 97.4 cm³/mol. The maximum absolute atomic E-state index is 12.3. The molecule has 0 aromatic heterocycles. The Bertz CT molecular complexity index is 583. The average Bonchev–Trinajstić information content (AvgIpc) is 3.32. The second-order valence-corrected chi connectivity index (χ2v) is 6.38. The normalized spacial score (nSPS) is 19.2. The van der Waals surface area contributed by atoms with Crippen molar-refractivity contribution in [2.24, 2.45) is 5.92 Å². The zero-order valence-electron chi connectivity index (χ0n) is 14.7. The molecular formula is C20H28N2O2. The Morgan fingerprint density at radius 2 is 2.12 bits per heavy atom. The second-order valence-electron chi connectivity index (χ2n) is 6.38. The Hall–Kier alpha value is -2.10. The van der Waals surface area contributed by atoms with Crippen molar-refractivity contribution in [2.45, 2.75) is 45.6 Å². The van der Waals surface area contributed by atoms with Gasteiger partial charge in [0.15, 0.2) is 0 Å². The van der Waals surface area contributed by atoms with E-state index in [0.717, 1.165) is 49.9 Å². The van der Waals surface area contributed by atoms with Gasteiger partial charge in [0, 0.05) is 19.1 Å². The van der Waals surface area contributed by atoms with E-state index in [4.69, 9.17) is 0 Å². The Morgan fingerprint density at radius 1 is 1.33 bits per heavy atom. The zero-order chi connectivity index (χ0) is 17.4. The van der Waals surface area contributed by atoms with Gasteiger partial charge in [-0.15, -0.1) is 0 Å². The maximum atomic E-state index is 12.3. The highest BCUT2D eigenvalue weighted by atomic mass is 16.1. The van der Waals surface area contributed by atoms with Crippen molar-refractivity contribution in [2.75, 3.05) is 13.1 Å². The number of allylic oxidation sites excluding steroid dienone is 1. The van der Waals surface area contributed by atoms with Gasteiger partial charge in [0.1, 0.15) is 0 Å². The fraction of sp³-hybridized carbons (Fsp3) is 0.500. The molecule has 0 radical (unpaired) electrons. The zero-order valence-corrected chi connectivity index (χ0v) is 14.7. The Balaban J connectivity index is 1.79. The molecule has 2 amide bonds. The first kappa shape index (κ1) is 18.2. The van der Waals surface area contributed by atoms with Crippen LogP contribution in [0.4, 0.5) is 0 Å². The first-order valence-electron chi connectivity index (χ1n) is 8.91. The number of amides is 2. The molecule has 1 fully saturated rings. The van der Waals surface area contributed by atoms with E-state index in [1.54, 1.807) is 4.90 Å². The molecule has 0 bridgehead atoms. The van der Waals surface area contributed by atoms with E-state index in [1.807, 2.05) is 31.2 Å². The smallest absolute Gasteiger partial charge is 0.224 e. The fourth-order valence-electron chi connectivity index (χ4n) is 2.89. The van der Waals surface area contributed by atoms with E-state index in [-0.39, 0.29) is 11.9 Å². The molecule has 1 aromatic rings. The van der Waals surface area contributed by atoms with Crippen LogP contribution in [0.1, 0.15) is 44.2 Å². The lowest BCUT2D eigenvalue weighted by Crippen LogP contribution is -2.29. The van der Waals surface area contributed by atoms with Gasteiger partial charge in [-0.3, -0.25) is 9.59 Å². The van der Waals surface area contributed by atoms with Crippen LogP contribution in [0.15, 0.2) is 30.3 Å². The predicted octanol–water partition coefficient (Wildman–Crippen LogP) is 3.03. The third-order valence-corrected chi connectivity index (χ3v) is 4.55. The molecule has 24 heavy (non-hydrogen) atoms. The number of benzene rings is 1. The van der Waals surface area contributed by atoms with Gasteiger partial charge in [0.25, 0.3) is 0 Å². The lowest BCUT2D eigenvalue weighted by atomic mass is 10.0. The van der Waals surface area contributed by atoms with E-state index < -0.39 is 0 Å². The van der Waals surface area contributed by atoms with E-state index in [1.165, 1.54) is 0 Å². The molecule has 0 saturated heterocycles. The first-order valence-corrected chi connectivity index (χ1v) is 8.91. The van der Waals surface area contributed by atoms with Crippen LogP contribution in [-0.2, 0) is 16.0 Å². The van der Waals surface area contributed by atoms with Crippen molar-refractivity contribution in [3.05, 3.63) is 41.5 Å². The van der Waals surface area contributed by atoms with Crippen LogP contribution in [0.5, 0.6) is 0 Å². The summed E-state index contributed by atoms with van der Waals surface area (Å²) < 4.78 is 0. The van der Waals surface area contributed by atoms with E-state index >= 15 is 0 Å². The van der Waals surface area contributed by atoms with Crippen LogP contribution in [0.3, 0.4) is 0 Å². The van der Waals surface area contributed by atoms with Crippen LogP contribution in [0, 0.1) is 5.92 Å². The lowest BCUT2D eigenvalue weighted by Gasteiger charge is -2.14. The van der Waals surface area contributed by atoms with Crippen LogP contribution in [-0.4, -0.2) is 36.3 Å². The summed E-state index contributed by atoms with van der Waals surface area (Å²) in [6.07, 6.45) is 8.49. The summed E-state index contributed by atoms with van der Waals surface area (Å²) in [6, 6.07) is 8.32. The third kappa shape index (κ3) is 5.52. The van der Waals surface area contributed by atoms with Crippen molar-refractivity contribution in [3.8, 4) is 0 Å². The molecule has 4 heteroatoms. The van der Waals surface area contributed by atoms with Crippen molar-refractivity contribution >= 4 is 18.4 Å². The lowest BCUT2D eigenvalue weighted by molar-refractivity contribution is -0.121. The topological polar surface area (TPSA) is 49.4 Å². The molecule has 1 aliphatic carbocycles. The number of carbonyl (C=O) groups is 2. The summed E-state index contributed by atoms with van der Waals surface area (Å²) in [6.45, 7) is 5.60. The minimum Gasteiger partial charge on any atom is -0.353 e. The summed E-state index contributed by atoms with van der Waals surface area (Å²) in [5.41, 5.74) is 2.18. The molecule has 1 aliphatic rings. The molecule has 1 N–H and O–H groups in total. The largest absolute Gasteiger partial charge is 0.353 e. The van der Waals surface area contributed by atoms with Gasteiger partial charge in [0.05, 0.1) is 6.42 Å². The third-order valence-electron chi connectivity index (χ3n) is 4.55. The van der Waals surface area contributed by atoms with Crippen LogP contribution in [0.25, 0.3) is 6.08 Å². The summed E-state index contributed by atoms with van der Waals surface area (Å²) in [5.74, 6) is 0.598. The summed E-state index contributed by atoms with van der Waals surface area (Å²) in [7, 11) is 0. The summed E-state index contributed by atoms with van der Waals surface area (Å²) >= 11 is 0. The van der Waals surface area contributed by atoms with E-state index in [2.05, 4.69) is 24.4 Å². The van der Waals surface area contributed by atoms with Gasteiger partial charge >= 0.3 is 0 Å². The number of nitrogens with zero attached hydrogens (tertiary/aromatic N) is 1. The molecule has 130 valence electrons. The minimum absolute atomic E-state index is 0.0857. The number of hydrogen-bond acceptors (Lipinski definition) is 2. The highest BCUT2D eigenvalue weighted by Gasteiger charge is 2.37. The molecule has 0 heterocycles. The minimum atomic E-state index is 0.0857. The Kier molecular flexibility index (Phi) is 7.04. The number of rotatable bonds is 10. The van der Waals surface area contributed by atoms with Crippen molar-refractivity contribution in [1.82, 2.24) is 10.2 Å². The molecule has 4 nitrogen and oxygen atoms in total. The standard InChI is InChI=1S/C20H28N2O2/c1-3-5-8-16-9-6-7-10-17(16)14-20(24)21-19-13-18(19)11-12-22(4-2)15-23/h5-10,15,18-19H,3-4,11-14H2,1-2H3,(H,21,24)/b8-5-. The monoisotopic (exact) mass is 328 g/mol. The highest BCUT2D eigenvalue weighted by Crippen LogP contribution is 2.33. The van der Waals surface area contributed by atoms with Crippen molar-refractivity contribution in [3.63, 3.8) is 0 Å². The Labute approximate surface area is 144 Å². The molecule has 0 spiro atoms. The van der Waals surface area contributed by atoms with Crippen LogP contribution >= 0.6 is 0 Å². The number of carbonyl (C=O) groups excluding carboxylic acids is 2. The number of nitrogens with one attached hydrogen (secondary N) is 1. The molecular weight excluding hydrogens is 300 g/mol. The van der Waals surface area contributed by atoms with Gasteiger partial charge < -0.3 is 10.2 Å². The van der Waals surface area contributed by atoms with Crippen molar-refractivity contribution < 1.29 is 9.59 Å². The summed E-state index contributed by atoms with van der Waals surface area (Å²) in [5, 5.41) is 3.13. The van der Waals surface area contributed by atoms with Gasteiger partial charge in [0.2, 0.25) is 12.3 Å². The molecule has 0 aliphatic heterocycles. The fourth-order valence-corrected chi connectivity index (χ4v) is 2.89. The van der Waals surface area contributed by atoms with Gasteiger partial charge in [-0.2, -0.15) is 0 Å². The highest BCUT2D eigenvalue weighted by molar-refractivity contribution is 5.80. The SMILES string of the molecule is CC/C=C\c1ccccc1CC(=O)NC1CC1CCN(C=O)CC. The van der Waals surface area contributed by atoms with Gasteiger partial charge in [-0.1, -0.05) is 43.3 Å². The molecule has 1 saturated carbocycles. The van der Waals surface area contributed by atoms with Crippen LogP contribution in [0.2, 0.25) is 0 Å². The Morgan fingerprint density at radius 3 is 2.83 bits per heavy atom. The first-order chi connectivity index (χ1) is 11.7. The molecule has 2 unspecified atom stereocenters. The molecule has 2 atom stereocenters. The van der Waals surface area contributed by atoms with Crippen LogP contribution < -0.4 is 5.32 Å². The van der Waals surface area contributed by atoms with E-state index in [0.29, 0.717) is 12.3 Å². The second kappa shape index (κ2) is 9.26. The summed E-state index contributed by atoms with van der Waals surface area (Å²) in [4.78, 5) is 24.8. The van der Waals surface area contributed by atoms with E-state index in [9.17, 15) is 9.59 Å². The number of hydrogen-bond donors (Lipinski definition) is 1. The molecule has 2 rings (SSSR count). The average molecular weight is 328 g/mol.